The van der Waals surface area contributed by atoms with E-state index in [1.165, 1.54) is 0 Å². The Hall–Kier alpha value is 0.578. The molecule has 0 rings (SSSR count). The molecule has 0 aliphatic carbocycles. The van der Waals surface area contributed by atoms with E-state index in [-0.39, 0.29) is 12.4 Å². The molecular formula is HClO2Pt. The fourth-order valence-electron chi connectivity index (χ4n) is 0. The molecule has 0 unspecified atom stereocenters. The molecule has 0 atom stereocenters. The van der Waals surface area contributed by atoms with Crippen LogP contribution >= 0.6 is 12.4 Å². The number of hydrogen-bond acceptors (Lipinski definition) is 2. The Kier molecular flexibility index (Phi) is 21.1. The van der Waals surface area contributed by atoms with Crippen LogP contribution in [0.3, 0.4) is 0 Å². The standard InChI is InChI=1S/ClH.2O.Pt/h1H;;;. The third-order valence-electron chi connectivity index (χ3n) is 0. The first-order valence-corrected chi connectivity index (χ1v) is 2.11. The van der Waals surface area contributed by atoms with Gasteiger partial charge in [0.1, 0.15) is 0 Å². The van der Waals surface area contributed by atoms with Gasteiger partial charge in [-0.25, -0.2) is 0 Å². The van der Waals surface area contributed by atoms with Crippen molar-refractivity contribution in [3.8, 4) is 0 Å². The minimum atomic E-state index is -1.92. The predicted molar refractivity (Wildman–Crippen MR) is 8.62 cm³/mol. The van der Waals surface area contributed by atoms with E-state index in [0.29, 0.717) is 0 Å². The van der Waals surface area contributed by atoms with Crippen LogP contribution in [0.1, 0.15) is 0 Å². The normalized spacial score (nSPS) is 5.00. The molecule has 0 aromatic carbocycles. The second-order valence-electron chi connectivity index (χ2n) is 0.0527. The maximum absolute atomic E-state index is 8.49. The molecule has 0 heterocycles. The summed E-state index contributed by atoms with van der Waals surface area (Å²) in [6.07, 6.45) is 0. The Morgan fingerprint density at radius 3 is 1.25 bits per heavy atom. The molecule has 0 saturated heterocycles. The molecule has 0 aliphatic heterocycles. The van der Waals surface area contributed by atoms with E-state index in [1.807, 2.05) is 0 Å². The number of hydrogen-bond donors (Lipinski definition) is 0. The monoisotopic (exact) mass is 263 g/mol. The fourth-order valence-corrected chi connectivity index (χ4v) is 0. The summed E-state index contributed by atoms with van der Waals surface area (Å²) in [6, 6.07) is 0. The molecule has 4 heteroatoms. The van der Waals surface area contributed by atoms with Crippen LogP contribution in [-0.4, -0.2) is 0 Å². The summed E-state index contributed by atoms with van der Waals surface area (Å²) in [5.74, 6) is 0. The van der Waals surface area contributed by atoms with Crippen molar-refractivity contribution in [2.75, 3.05) is 0 Å². The molecule has 4 heavy (non-hydrogen) atoms. The zero-order valence-corrected chi connectivity index (χ0v) is 4.63. The van der Waals surface area contributed by atoms with E-state index >= 15 is 0 Å². The zero-order valence-electron chi connectivity index (χ0n) is 1.54. The Morgan fingerprint density at radius 1 is 1.25 bits per heavy atom. The summed E-state index contributed by atoms with van der Waals surface area (Å²) in [5.41, 5.74) is 0. The number of halogens is 1. The first-order valence-electron chi connectivity index (χ1n) is 0.258. The van der Waals surface area contributed by atoms with Crippen LogP contribution in [-0.2, 0) is 25.3 Å². The summed E-state index contributed by atoms with van der Waals surface area (Å²) < 4.78 is 17.0. The van der Waals surface area contributed by atoms with Crippen LogP contribution in [0, 0.1) is 0 Å². The second kappa shape index (κ2) is 9.55. The maximum atomic E-state index is 8.49. The molecule has 0 amide bonds. The van der Waals surface area contributed by atoms with E-state index in [0.717, 1.165) is 0 Å². The predicted octanol–water partition coefficient (Wildman–Crippen LogP) is 0.182. The molecule has 30 valence electrons. The molecule has 0 aromatic rings. The Bertz CT molecular complexity index is 27.0. The molecule has 0 aliphatic rings. The molecule has 0 fully saturated rings. The van der Waals surface area contributed by atoms with Crippen molar-refractivity contribution in [3.63, 3.8) is 0 Å². The second-order valence-corrected chi connectivity index (χ2v) is 0.431. The van der Waals surface area contributed by atoms with Crippen molar-refractivity contribution in [1.82, 2.24) is 0 Å². The van der Waals surface area contributed by atoms with Crippen LogP contribution in [0.25, 0.3) is 0 Å². The van der Waals surface area contributed by atoms with Crippen molar-refractivity contribution >= 4 is 12.4 Å². The van der Waals surface area contributed by atoms with E-state index in [2.05, 4.69) is 0 Å². The molecule has 0 saturated carbocycles. The first-order chi connectivity index (χ1) is 1.41. The van der Waals surface area contributed by atoms with Gasteiger partial charge in [-0.3, -0.25) is 0 Å². The van der Waals surface area contributed by atoms with Gasteiger partial charge in [0.2, 0.25) is 0 Å². The summed E-state index contributed by atoms with van der Waals surface area (Å²) >= 11 is -1.92. The summed E-state index contributed by atoms with van der Waals surface area (Å²) in [5, 5.41) is 0. The molecule has 2 nitrogen and oxygen atoms in total. The van der Waals surface area contributed by atoms with Crippen LogP contribution in [0.2, 0.25) is 0 Å². The first kappa shape index (κ1) is 8.82. The van der Waals surface area contributed by atoms with Crippen molar-refractivity contribution in [2.45, 2.75) is 0 Å². The van der Waals surface area contributed by atoms with Gasteiger partial charge in [-0.15, -0.1) is 12.4 Å². The molecule has 0 bridgehead atoms. The summed E-state index contributed by atoms with van der Waals surface area (Å²) in [6.45, 7) is 0. The average molecular weight is 264 g/mol. The summed E-state index contributed by atoms with van der Waals surface area (Å²) in [7, 11) is 0. The number of rotatable bonds is 0. The van der Waals surface area contributed by atoms with Crippen LogP contribution < -0.4 is 0 Å². The fraction of sp³-hybridized carbons (Fsp3) is 0. The van der Waals surface area contributed by atoms with Gasteiger partial charge in [-0.1, -0.05) is 0 Å². The van der Waals surface area contributed by atoms with Gasteiger partial charge in [0, 0.05) is 0 Å². The van der Waals surface area contributed by atoms with E-state index < -0.39 is 18.5 Å². The SMILES string of the molecule is Cl.[O]=[Pt]=[O]. The molecular weight excluding hydrogens is 263 g/mol. The Labute approximate surface area is 38.1 Å². The Morgan fingerprint density at radius 2 is 1.25 bits per heavy atom. The van der Waals surface area contributed by atoms with Crippen LogP contribution in [0.5, 0.6) is 0 Å². The molecule has 0 aromatic heterocycles. The van der Waals surface area contributed by atoms with Crippen LogP contribution in [0.15, 0.2) is 0 Å². The van der Waals surface area contributed by atoms with Crippen molar-refractivity contribution in [1.29, 1.82) is 0 Å². The van der Waals surface area contributed by atoms with Gasteiger partial charge in [0.05, 0.1) is 0 Å². The molecule has 0 spiro atoms. The van der Waals surface area contributed by atoms with Gasteiger partial charge >= 0.3 is 25.3 Å². The average Bonchev–Trinajstić information content (AvgIpc) is 0.918. The quantitative estimate of drug-likeness (QED) is 0.625. The van der Waals surface area contributed by atoms with Crippen molar-refractivity contribution in [3.05, 3.63) is 0 Å². The van der Waals surface area contributed by atoms with Gasteiger partial charge < -0.3 is 0 Å². The summed E-state index contributed by atoms with van der Waals surface area (Å²) in [4.78, 5) is 0. The minimum absolute atomic E-state index is 0. The van der Waals surface area contributed by atoms with Gasteiger partial charge in [-0.2, -0.15) is 0 Å². The molecule has 0 radical (unpaired) electrons. The topological polar surface area (TPSA) is 34.1 Å². The van der Waals surface area contributed by atoms with E-state index in [1.54, 1.807) is 0 Å². The van der Waals surface area contributed by atoms with Crippen LogP contribution in [0.4, 0.5) is 0 Å². The molecule has 0 N–H and O–H groups in total. The van der Waals surface area contributed by atoms with E-state index in [9.17, 15) is 0 Å². The van der Waals surface area contributed by atoms with Gasteiger partial charge in [0.15, 0.2) is 0 Å². The van der Waals surface area contributed by atoms with E-state index in [4.69, 9.17) is 6.80 Å². The third-order valence-corrected chi connectivity index (χ3v) is 0. The van der Waals surface area contributed by atoms with Gasteiger partial charge in [-0.05, 0) is 0 Å². The van der Waals surface area contributed by atoms with Crippen molar-refractivity contribution in [2.24, 2.45) is 0 Å². The Balaban J connectivity index is 0. The van der Waals surface area contributed by atoms with Gasteiger partial charge in [0.25, 0.3) is 0 Å². The third kappa shape index (κ3) is 19.2. The van der Waals surface area contributed by atoms with Crippen molar-refractivity contribution < 1.29 is 25.3 Å². The zero-order chi connectivity index (χ0) is 2.71.